The molecule has 1 saturated heterocycles. The van der Waals surface area contributed by atoms with E-state index in [1.54, 1.807) is 12.1 Å². The minimum Gasteiger partial charge on any atom is -0.335 e. The first-order valence-corrected chi connectivity index (χ1v) is 8.25. The lowest BCUT2D eigenvalue weighted by Gasteiger charge is -2.24. The summed E-state index contributed by atoms with van der Waals surface area (Å²) < 4.78 is 13.3. The van der Waals surface area contributed by atoms with E-state index in [2.05, 4.69) is 10.6 Å². The van der Waals surface area contributed by atoms with Crippen LogP contribution in [0.25, 0.3) is 0 Å². The number of hydrogen-bond acceptors (Lipinski definition) is 2. The van der Waals surface area contributed by atoms with Crippen molar-refractivity contribution in [1.29, 1.82) is 0 Å². The van der Waals surface area contributed by atoms with Crippen LogP contribution in [0.5, 0.6) is 0 Å². The molecule has 0 unspecified atom stereocenters. The first-order chi connectivity index (χ1) is 11.1. The molecule has 0 aromatic heterocycles. The summed E-state index contributed by atoms with van der Waals surface area (Å²) in [5.74, 6) is -0.472. The van der Waals surface area contributed by atoms with Crippen molar-refractivity contribution in [2.45, 2.75) is 50.6 Å². The molecule has 1 heterocycles. The zero-order chi connectivity index (χ0) is 16.2. The minimum absolute atomic E-state index is 0.0985. The van der Waals surface area contributed by atoms with Crippen LogP contribution in [0.2, 0.25) is 0 Å². The largest absolute Gasteiger partial charge is 0.335 e. The summed E-state index contributed by atoms with van der Waals surface area (Å²) >= 11 is 0. The maximum absolute atomic E-state index is 13.3. The van der Waals surface area contributed by atoms with E-state index in [9.17, 15) is 14.0 Å². The number of carbonyl (C=O) groups is 2. The van der Waals surface area contributed by atoms with Crippen molar-refractivity contribution < 1.29 is 14.0 Å². The van der Waals surface area contributed by atoms with Crippen LogP contribution in [-0.2, 0) is 4.79 Å². The first-order valence-electron chi connectivity index (χ1n) is 8.25. The number of carbonyl (C=O) groups excluding carboxylic acids is 2. The predicted octanol–water partition coefficient (Wildman–Crippen LogP) is 2.56. The summed E-state index contributed by atoms with van der Waals surface area (Å²) in [7, 11) is 0. The molecule has 5 nitrogen and oxygen atoms in total. The van der Waals surface area contributed by atoms with E-state index in [4.69, 9.17) is 0 Å². The second kappa shape index (κ2) is 6.98. The third kappa shape index (κ3) is 4.00. The molecule has 1 atom stereocenters. The number of nitrogens with one attached hydrogen (secondary N) is 2. The molecular weight excluding hydrogens is 297 g/mol. The number of rotatable bonds is 3. The Morgan fingerprint density at radius 3 is 2.61 bits per heavy atom. The van der Waals surface area contributed by atoms with E-state index >= 15 is 0 Å². The Morgan fingerprint density at radius 1 is 1.13 bits per heavy atom. The van der Waals surface area contributed by atoms with Gasteiger partial charge in [-0.25, -0.2) is 9.18 Å². The van der Waals surface area contributed by atoms with E-state index in [1.807, 2.05) is 0 Å². The number of urea groups is 1. The van der Waals surface area contributed by atoms with Crippen molar-refractivity contribution in [1.82, 2.24) is 10.6 Å². The van der Waals surface area contributed by atoms with Gasteiger partial charge < -0.3 is 15.5 Å². The maximum atomic E-state index is 13.3. The molecule has 0 bridgehead atoms. The number of amides is 3. The average molecular weight is 319 g/mol. The fraction of sp³-hybridized carbons (Fsp3) is 0.529. The summed E-state index contributed by atoms with van der Waals surface area (Å²) in [6.45, 7) is 0.375. The third-order valence-electron chi connectivity index (χ3n) is 4.52. The Bertz CT molecular complexity index is 587. The summed E-state index contributed by atoms with van der Waals surface area (Å²) in [4.78, 5) is 25.7. The molecule has 2 N–H and O–H groups in total. The molecule has 2 aliphatic rings. The van der Waals surface area contributed by atoms with Crippen LogP contribution in [0.4, 0.5) is 14.9 Å². The van der Waals surface area contributed by atoms with Crippen LogP contribution < -0.4 is 15.5 Å². The molecule has 1 aliphatic heterocycles. The van der Waals surface area contributed by atoms with Crippen LogP contribution in [0.15, 0.2) is 24.3 Å². The fourth-order valence-corrected chi connectivity index (χ4v) is 3.36. The van der Waals surface area contributed by atoms with Gasteiger partial charge in [-0.05, 0) is 31.0 Å². The molecule has 1 aromatic carbocycles. The number of halogens is 1. The van der Waals surface area contributed by atoms with Crippen molar-refractivity contribution in [3.05, 3.63) is 30.1 Å². The predicted molar refractivity (Wildman–Crippen MR) is 85.7 cm³/mol. The zero-order valence-electron chi connectivity index (χ0n) is 13.1. The number of benzene rings is 1. The van der Waals surface area contributed by atoms with Gasteiger partial charge in [-0.2, -0.15) is 0 Å². The number of anilines is 1. The summed E-state index contributed by atoms with van der Waals surface area (Å²) in [6.07, 6.45) is 5.83. The molecule has 2 fully saturated rings. The van der Waals surface area contributed by atoms with Gasteiger partial charge in [0.15, 0.2) is 0 Å². The molecule has 1 aromatic rings. The minimum atomic E-state index is -0.373. The van der Waals surface area contributed by atoms with Crippen LogP contribution in [0.1, 0.15) is 38.5 Å². The van der Waals surface area contributed by atoms with Gasteiger partial charge in [0.05, 0.1) is 6.04 Å². The average Bonchev–Trinajstić information content (AvgIpc) is 2.88. The summed E-state index contributed by atoms with van der Waals surface area (Å²) in [6, 6.07) is 5.74. The molecule has 0 spiro atoms. The van der Waals surface area contributed by atoms with Crippen molar-refractivity contribution >= 4 is 17.6 Å². The molecule has 1 aliphatic carbocycles. The Morgan fingerprint density at radius 2 is 1.87 bits per heavy atom. The van der Waals surface area contributed by atoms with Crippen molar-refractivity contribution in [2.24, 2.45) is 0 Å². The van der Waals surface area contributed by atoms with Gasteiger partial charge in [0.25, 0.3) is 0 Å². The molecule has 23 heavy (non-hydrogen) atoms. The number of hydrogen-bond donors (Lipinski definition) is 2. The molecule has 6 heteroatoms. The van der Waals surface area contributed by atoms with Crippen LogP contribution in [-0.4, -0.2) is 30.6 Å². The zero-order valence-corrected chi connectivity index (χ0v) is 13.1. The second-order valence-corrected chi connectivity index (χ2v) is 6.34. The van der Waals surface area contributed by atoms with Crippen molar-refractivity contribution in [3.8, 4) is 0 Å². The quantitative estimate of drug-likeness (QED) is 0.899. The van der Waals surface area contributed by atoms with Crippen molar-refractivity contribution in [3.63, 3.8) is 0 Å². The molecule has 3 rings (SSSR count). The maximum Gasteiger partial charge on any atom is 0.315 e. The molecular formula is C17H22FN3O2. The molecule has 1 saturated carbocycles. The third-order valence-corrected chi connectivity index (χ3v) is 4.52. The van der Waals surface area contributed by atoms with Gasteiger partial charge in [0, 0.05) is 24.7 Å². The van der Waals surface area contributed by atoms with Gasteiger partial charge in [0.1, 0.15) is 5.82 Å². The van der Waals surface area contributed by atoms with E-state index in [1.165, 1.54) is 23.5 Å². The van der Waals surface area contributed by atoms with E-state index in [-0.39, 0.29) is 36.3 Å². The highest BCUT2D eigenvalue weighted by atomic mass is 19.1. The monoisotopic (exact) mass is 319 g/mol. The first kappa shape index (κ1) is 15.8. The molecule has 124 valence electrons. The molecule has 3 amide bonds. The van der Waals surface area contributed by atoms with Gasteiger partial charge in [0.2, 0.25) is 5.91 Å². The lowest BCUT2D eigenvalue weighted by Crippen LogP contribution is -2.47. The van der Waals surface area contributed by atoms with Crippen LogP contribution >= 0.6 is 0 Å². The normalized spacial score (nSPS) is 22.2. The standard InChI is InChI=1S/C17H22FN3O2/c18-12-5-4-8-15(9-12)21-11-14(10-16(21)22)20-17(23)19-13-6-2-1-3-7-13/h4-5,8-9,13-14H,1-3,6-7,10-11H2,(H2,19,20,23)/t14-/m0/s1. The fourth-order valence-electron chi connectivity index (χ4n) is 3.36. The highest BCUT2D eigenvalue weighted by Gasteiger charge is 2.32. The van der Waals surface area contributed by atoms with Crippen LogP contribution in [0, 0.1) is 5.82 Å². The lowest BCUT2D eigenvalue weighted by molar-refractivity contribution is -0.117. The Labute approximate surface area is 135 Å². The van der Waals surface area contributed by atoms with Gasteiger partial charge in [-0.3, -0.25) is 4.79 Å². The van der Waals surface area contributed by atoms with Gasteiger partial charge in [-0.1, -0.05) is 25.3 Å². The second-order valence-electron chi connectivity index (χ2n) is 6.34. The lowest BCUT2D eigenvalue weighted by atomic mass is 9.96. The smallest absolute Gasteiger partial charge is 0.315 e. The Kier molecular flexibility index (Phi) is 4.79. The Hall–Kier alpha value is -2.11. The van der Waals surface area contributed by atoms with E-state index in [0.717, 1.165) is 25.7 Å². The van der Waals surface area contributed by atoms with Crippen LogP contribution in [0.3, 0.4) is 0 Å². The van der Waals surface area contributed by atoms with E-state index in [0.29, 0.717) is 12.2 Å². The summed E-state index contributed by atoms with van der Waals surface area (Å²) in [5, 5.41) is 5.85. The van der Waals surface area contributed by atoms with E-state index < -0.39 is 0 Å². The highest BCUT2D eigenvalue weighted by molar-refractivity contribution is 5.96. The highest BCUT2D eigenvalue weighted by Crippen LogP contribution is 2.22. The topological polar surface area (TPSA) is 61.4 Å². The van der Waals surface area contributed by atoms with Crippen molar-refractivity contribution in [2.75, 3.05) is 11.4 Å². The SMILES string of the molecule is O=C(NC1CCCCC1)N[C@H]1CC(=O)N(c2cccc(F)c2)C1. The Balaban J connectivity index is 1.54. The summed E-state index contributed by atoms with van der Waals surface area (Å²) in [5.41, 5.74) is 0.534. The number of nitrogens with zero attached hydrogens (tertiary/aromatic N) is 1. The van der Waals surface area contributed by atoms with Gasteiger partial charge in [-0.15, -0.1) is 0 Å². The van der Waals surface area contributed by atoms with Gasteiger partial charge >= 0.3 is 6.03 Å². The molecule has 0 radical (unpaired) electrons.